The van der Waals surface area contributed by atoms with E-state index in [1.165, 1.54) is 0 Å². The van der Waals surface area contributed by atoms with Crippen LogP contribution in [0.1, 0.15) is 87.3 Å². The Morgan fingerprint density at radius 2 is 1.84 bits per heavy atom. The number of ether oxygens (including phenoxy) is 1. The van der Waals surface area contributed by atoms with Gasteiger partial charge in [0.2, 0.25) is 5.82 Å². The molecule has 0 bridgehead atoms. The van der Waals surface area contributed by atoms with E-state index in [0.717, 1.165) is 12.4 Å². The number of aromatic nitrogens is 5. The highest BCUT2D eigenvalue weighted by molar-refractivity contribution is 5.94. The van der Waals surface area contributed by atoms with Crippen LogP contribution in [0, 0.1) is 0 Å². The molecule has 3 amide bonds. The number of aliphatic hydroxyl groups is 1. The van der Waals surface area contributed by atoms with E-state index < -0.39 is 29.0 Å². The zero-order chi connectivity index (χ0) is 36.6. The molecule has 1 aromatic carbocycles. The number of nitrogens with one attached hydrogen (secondary N) is 3. The maximum Gasteiger partial charge on any atom is 0.321 e. The van der Waals surface area contributed by atoms with E-state index in [9.17, 15) is 19.5 Å². The first kappa shape index (κ1) is 35.6. The van der Waals surface area contributed by atoms with Crippen molar-refractivity contribution in [2.45, 2.75) is 76.5 Å². The van der Waals surface area contributed by atoms with Crippen LogP contribution in [0.4, 0.5) is 10.6 Å². The summed E-state index contributed by atoms with van der Waals surface area (Å²) in [7, 11) is 0. The van der Waals surface area contributed by atoms with Crippen LogP contribution in [-0.2, 0) is 21.2 Å². The average molecular weight is 696 g/mol. The van der Waals surface area contributed by atoms with Crippen molar-refractivity contribution in [2.75, 3.05) is 31.5 Å². The molecule has 2 aliphatic rings. The number of rotatable bonds is 9. The van der Waals surface area contributed by atoms with Gasteiger partial charge in [-0.1, -0.05) is 65.8 Å². The fourth-order valence-electron chi connectivity index (χ4n) is 6.25. The zero-order valence-corrected chi connectivity index (χ0v) is 29.8. The number of fused-ring (bicyclic) bond motifs is 2. The quantitative estimate of drug-likeness (QED) is 0.149. The number of amides is 3. The normalized spacial score (nSPS) is 20.5. The molecule has 14 nitrogen and oxygen atoms in total. The van der Waals surface area contributed by atoms with E-state index >= 15 is 0 Å². The number of aliphatic hydroxyl groups excluding tert-OH is 1. The van der Waals surface area contributed by atoms with Gasteiger partial charge >= 0.3 is 6.03 Å². The molecule has 14 heteroatoms. The number of pyridine rings is 1. The second-order valence-electron chi connectivity index (χ2n) is 15.1. The van der Waals surface area contributed by atoms with Crippen LogP contribution < -0.4 is 20.7 Å². The van der Waals surface area contributed by atoms with Crippen LogP contribution in [-0.4, -0.2) is 85.1 Å². The van der Waals surface area contributed by atoms with E-state index in [1.807, 2.05) is 55.6 Å². The van der Waals surface area contributed by atoms with Crippen LogP contribution >= 0.6 is 0 Å². The highest BCUT2D eigenvalue weighted by Crippen LogP contribution is 2.37. The second-order valence-corrected chi connectivity index (χ2v) is 15.1. The summed E-state index contributed by atoms with van der Waals surface area (Å²) in [4.78, 5) is 50.4. The van der Waals surface area contributed by atoms with Crippen molar-refractivity contribution in [1.82, 2.24) is 40.1 Å². The molecule has 1 aliphatic carbocycles. The molecule has 268 valence electrons. The number of likely N-dealkylation sites (tertiary alicyclic amines) is 1. The molecule has 3 aromatic heterocycles. The monoisotopic (exact) mass is 695 g/mol. The summed E-state index contributed by atoms with van der Waals surface area (Å²) in [5, 5.41) is 26.8. The van der Waals surface area contributed by atoms with E-state index in [2.05, 4.69) is 61.8 Å². The van der Waals surface area contributed by atoms with Crippen LogP contribution in [0.15, 0.2) is 60.8 Å². The van der Waals surface area contributed by atoms with E-state index in [4.69, 9.17) is 4.74 Å². The maximum absolute atomic E-state index is 13.6. The third kappa shape index (κ3) is 7.76. The minimum absolute atomic E-state index is 0.0912. The van der Waals surface area contributed by atoms with Gasteiger partial charge in [-0.05, 0) is 36.3 Å². The van der Waals surface area contributed by atoms with Gasteiger partial charge in [0.15, 0.2) is 11.9 Å². The van der Waals surface area contributed by atoms with Crippen molar-refractivity contribution in [1.29, 1.82) is 0 Å². The Balaban J connectivity index is 1.20. The Kier molecular flexibility index (Phi) is 9.66. The van der Waals surface area contributed by atoms with Crippen LogP contribution in [0.25, 0.3) is 5.65 Å². The lowest BCUT2D eigenvalue weighted by molar-refractivity contribution is -0.111. The van der Waals surface area contributed by atoms with Gasteiger partial charge in [0.1, 0.15) is 29.0 Å². The van der Waals surface area contributed by atoms with Gasteiger partial charge in [0, 0.05) is 48.6 Å². The number of benzene rings is 1. The number of hydrogen-bond acceptors (Lipinski definition) is 10. The molecule has 1 saturated heterocycles. The number of nitrogens with zero attached hydrogens (tertiary/aromatic N) is 6. The summed E-state index contributed by atoms with van der Waals surface area (Å²) in [5.41, 5.74) is 0.284. The predicted octanol–water partition coefficient (Wildman–Crippen LogP) is 3.82. The molecule has 1 fully saturated rings. The van der Waals surface area contributed by atoms with Gasteiger partial charge in [0.25, 0.3) is 5.91 Å². The molecule has 1 aliphatic heterocycles. The number of carbonyl (C=O) groups is 3. The summed E-state index contributed by atoms with van der Waals surface area (Å²) < 4.78 is 8.34. The first-order valence-electron chi connectivity index (χ1n) is 17.1. The number of β-amino-alcohol motifs (C(OH)–C–C–N with tert-alkyl or cyclic N) is 1. The van der Waals surface area contributed by atoms with Crippen molar-refractivity contribution < 1.29 is 24.2 Å². The first-order valence-corrected chi connectivity index (χ1v) is 17.1. The molecular formula is C37H45N9O5. The highest BCUT2D eigenvalue weighted by Gasteiger charge is 2.38. The van der Waals surface area contributed by atoms with Crippen molar-refractivity contribution in [3.63, 3.8) is 0 Å². The molecule has 0 unspecified atom stereocenters. The Morgan fingerprint density at radius 1 is 1.06 bits per heavy atom. The van der Waals surface area contributed by atoms with Gasteiger partial charge in [-0.3, -0.25) is 24.2 Å². The number of hydrogen-bond donors (Lipinski definition) is 4. The topological polar surface area (TPSA) is 176 Å². The largest absolute Gasteiger partial charge is 0.480 e. The summed E-state index contributed by atoms with van der Waals surface area (Å²) in [5.74, 6) is 0.903. The van der Waals surface area contributed by atoms with Crippen molar-refractivity contribution >= 4 is 29.7 Å². The van der Waals surface area contributed by atoms with Gasteiger partial charge in [-0.25, -0.2) is 14.8 Å². The Bertz CT molecular complexity index is 1980. The molecule has 4 N–H and O–H groups in total. The number of carbonyl (C=O) groups excluding carboxylic acids is 3. The number of aldehydes is 1. The fourth-order valence-corrected chi connectivity index (χ4v) is 6.25. The Hall–Kier alpha value is -5.21. The van der Waals surface area contributed by atoms with E-state index in [-0.39, 0.29) is 23.2 Å². The summed E-state index contributed by atoms with van der Waals surface area (Å²) in [6.07, 6.45) is 5.69. The molecule has 4 heterocycles. The molecule has 0 radical (unpaired) electrons. The zero-order valence-electron chi connectivity index (χ0n) is 29.8. The minimum atomic E-state index is -1.51. The standard InChI is InChI=1S/C37H45N9O5/c1-35(2,3)28-19-29(40-31(39-28)32(49)38-16-18-45-17-14-23(48)20-45)41-34(50)42-37(22-47)15-13-27(25-9-7-8-10-26(25)37)51-24-11-12-30-43-44-33(36(4,5)6)46(30)21-24/h7-13,15,19,21-23,27,48H,14,16-18,20H2,1-6H3,(H,38,49)(H2,39,40,41,42,50)/t23-,27+,37+/m0/s1. The minimum Gasteiger partial charge on any atom is -0.480 e. The lowest BCUT2D eigenvalue weighted by Crippen LogP contribution is -2.49. The predicted molar refractivity (Wildman–Crippen MR) is 191 cm³/mol. The molecule has 4 aromatic rings. The smallest absolute Gasteiger partial charge is 0.321 e. The van der Waals surface area contributed by atoms with Crippen molar-refractivity contribution in [3.8, 4) is 5.75 Å². The maximum atomic E-state index is 13.6. The first-order chi connectivity index (χ1) is 24.1. The molecule has 0 spiro atoms. The lowest BCUT2D eigenvalue weighted by Gasteiger charge is -2.34. The van der Waals surface area contributed by atoms with Crippen LogP contribution in [0.2, 0.25) is 0 Å². The van der Waals surface area contributed by atoms with Gasteiger partial charge in [0.05, 0.1) is 18.0 Å². The number of anilines is 1. The SMILES string of the molecule is CC(C)(C)c1cc(NC(=O)N[C@@]2(C=O)C=C[C@@H](Oc3ccc4nnc(C(C)(C)C)n4c3)c3ccccc32)nc(C(=O)NCCN2CC[C@H](O)C2)n1. The Labute approximate surface area is 296 Å². The third-order valence-corrected chi connectivity index (χ3v) is 8.96. The molecule has 51 heavy (non-hydrogen) atoms. The van der Waals surface area contributed by atoms with Crippen LogP contribution in [0.5, 0.6) is 5.75 Å². The molecular weight excluding hydrogens is 650 g/mol. The summed E-state index contributed by atoms with van der Waals surface area (Å²) >= 11 is 0. The molecule has 0 saturated carbocycles. The fraction of sp³-hybridized carbons (Fsp3) is 0.432. The summed E-state index contributed by atoms with van der Waals surface area (Å²) in [6, 6.07) is 11.8. The average Bonchev–Trinajstić information content (AvgIpc) is 3.71. The van der Waals surface area contributed by atoms with Gasteiger partial charge in [-0.2, -0.15) is 0 Å². The Morgan fingerprint density at radius 3 is 2.55 bits per heavy atom. The van der Waals surface area contributed by atoms with Gasteiger partial charge < -0.3 is 20.5 Å². The number of urea groups is 1. The van der Waals surface area contributed by atoms with E-state index in [0.29, 0.717) is 60.6 Å². The van der Waals surface area contributed by atoms with Crippen molar-refractivity contribution in [2.24, 2.45) is 0 Å². The summed E-state index contributed by atoms with van der Waals surface area (Å²) in [6.45, 7) is 14.3. The third-order valence-electron chi connectivity index (χ3n) is 8.96. The van der Waals surface area contributed by atoms with Crippen LogP contribution in [0.3, 0.4) is 0 Å². The highest BCUT2D eigenvalue weighted by atomic mass is 16.5. The molecule has 6 rings (SSSR count). The van der Waals surface area contributed by atoms with Crippen molar-refractivity contribution in [3.05, 3.63) is 89.3 Å². The second kappa shape index (κ2) is 13.8. The lowest BCUT2D eigenvalue weighted by atomic mass is 9.81. The van der Waals surface area contributed by atoms with Gasteiger partial charge in [-0.15, -0.1) is 10.2 Å². The van der Waals surface area contributed by atoms with E-state index in [1.54, 1.807) is 30.4 Å². The molecule has 3 atom stereocenters.